The van der Waals surface area contributed by atoms with Gasteiger partial charge in [0, 0.05) is 49.2 Å². The van der Waals surface area contributed by atoms with E-state index >= 15 is 0 Å². The van der Waals surface area contributed by atoms with Crippen LogP contribution in [0.4, 0.5) is 11.4 Å². The number of rotatable bonds is 9. The predicted molar refractivity (Wildman–Crippen MR) is 160 cm³/mol. The number of amides is 2. The summed E-state index contributed by atoms with van der Waals surface area (Å²) in [5.74, 6) is 2.30. The molecule has 3 aromatic rings. The van der Waals surface area contributed by atoms with Gasteiger partial charge in [0.05, 0.1) is 14.2 Å². The van der Waals surface area contributed by atoms with Crippen LogP contribution in [0, 0.1) is 0 Å². The number of methoxy groups -OCH3 is 2. The average molecular weight is 558 g/mol. The van der Waals surface area contributed by atoms with Crippen LogP contribution >= 0.6 is 0 Å². The van der Waals surface area contributed by atoms with Crippen LogP contribution in [0.3, 0.4) is 0 Å². The first-order valence-electron chi connectivity index (χ1n) is 14.4. The van der Waals surface area contributed by atoms with E-state index in [0.717, 1.165) is 11.4 Å². The van der Waals surface area contributed by atoms with Crippen molar-refractivity contribution in [2.24, 2.45) is 0 Å². The van der Waals surface area contributed by atoms with Crippen molar-refractivity contribution in [1.82, 2.24) is 4.90 Å². The lowest BCUT2D eigenvalue weighted by Gasteiger charge is -2.36. The lowest BCUT2D eigenvalue weighted by atomic mass is 9.84. The van der Waals surface area contributed by atoms with Crippen molar-refractivity contribution in [2.75, 3.05) is 57.2 Å². The summed E-state index contributed by atoms with van der Waals surface area (Å²) in [4.78, 5) is 29.7. The Kier molecular flexibility index (Phi) is 9.29. The highest BCUT2D eigenvalue weighted by atomic mass is 16.5. The molecule has 216 valence electrons. The van der Waals surface area contributed by atoms with E-state index in [9.17, 15) is 9.59 Å². The maximum absolute atomic E-state index is 13.1. The Balaban J connectivity index is 1.08. The number of carbonyl (C=O) groups is 2. The van der Waals surface area contributed by atoms with Gasteiger partial charge in [-0.2, -0.15) is 0 Å². The van der Waals surface area contributed by atoms with E-state index in [1.807, 2.05) is 41.3 Å². The maximum atomic E-state index is 13.1. The van der Waals surface area contributed by atoms with Gasteiger partial charge in [0.15, 0.2) is 6.61 Å². The molecule has 8 heteroatoms. The Bertz CT molecular complexity index is 1290. The molecule has 8 nitrogen and oxygen atoms in total. The number of anilines is 2. The zero-order valence-corrected chi connectivity index (χ0v) is 23.9. The number of nitrogens with one attached hydrogen (secondary N) is 1. The van der Waals surface area contributed by atoms with Gasteiger partial charge in [-0.3, -0.25) is 9.59 Å². The predicted octanol–water partition coefficient (Wildman–Crippen LogP) is 5.73. The van der Waals surface area contributed by atoms with Gasteiger partial charge in [-0.05, 0) is 72.9 Å². The maximum Gasteiger partial charge on any atom is 0.262 e. The highest BCUT2D eigenvalue weighted by Crippen LogP contribution is 2.33. The second-order valence-corrected chi connectivity index (χ2v) is 10.7. The number of piperazine rings is 1. The first kappa shape index (κ1) is 28.3. The normalized spacial score (nSPS) is 15.8. The fourth-order valence-corrected chi connectivity index (χ4v) is 5.65. The number of carbonyl (C=O) groups excluding carboxylic acids is 2. The molecule has 3 aromatic carbocycles. The largest absolute Gasteiger partial charge is 0.497 e. The molecule has 2 fully saturated rings. The van der Waals surface area contributed by atoms with Crippen LogP contribution in [0.2, 0.25) is 0 Å². The first-order valence-corrected chi connectivity index (χ1v) is 14.4. The summed E-state index contributed by atoms with van der Waals surface area (Å²) in [7, 11) is 3.15. The van der Waals surface area contributed by atoms with Crippen molar-refractivity contribution in [3.05, 3.63) is 77.9 Å². The minimum atomic E-state index is -0.199. The zero-order valence-electron chi connectivity index (χ0n) is 23.9. The summed E-state index contributed by atoms with van der Waals surface area (Å²) in [5.41, 5.74) is 3.69. The third-order valence-corrected chi connectivity index (χ3v) is 8.01. The molecule has 1 saturated carbocycles. The van der Waals surface area contributed by atoms with E-state index in [4.69, 9.17) is 14.2 Å². The molecule has 1 aliphatic heterocycles. The number of hydrogen-bond donors (Lipinski definition) is 1. The van der Waals surface area contributed by atoms with Gasteiger partial charge in [0.1, 0.15) is 17.2 Å². The first-order chi connectivity index (χ1) is 20.0. The van der Waals surface area contributed by atoms with E-state index < -0.39 is 0 Å². The van der Waals surface area contributed by atoms with E-state index in [0.29, 0.717) is 54.9 Å². The van der Waals surface area contributed by atoms with E-state index in [1.54, 1.807) is 32.4 Å². The smallest absolute Gasteiger partial charge is 0.262 e. The van der Waals surface area contributed by atoms with Gasteiger partial charge in [-0.25, -0.2) is 0 Å². The Labute approximate surface area is 242 Å². The third-order valence-electron chi connectivity index (χ3n) is 8.01. The Morgan fingerprint density at radius 3 is 2.02 bits per heavy atom. The van der Waals surface area contributed by atoms with Crippen molar-refractivity contribution in [3.63, 3.8) is 0 Å². The molecule has 0 atom stereocenters. The summed E-state index contributed by atoms with van der Waals surface area (Å²) in [5, 5.41) is 2.91. The quantitative estimate of drug-likeness (QED) is 0.362. The van der Waals surface area contributed by atoms with E-state index in [-0.39, 0.29) is 18.4 Å². The standard InChI is InChI=1S/C33H39N3O5/c1-39-30-20-26(21-31(22-30)40-2)33(38)36-18-16-35(17-19-36)28-12-10-27(11-13-28)34-32(37)23-41-29-14-8-25(9-15-29)24-6-4-3-5-7-24/h8-15,20-22,24H,3-7,16-19,23H2,1-2H3,(H,34,37). The van der Waals surface area contributed by atoms with Gasteiger partial charge in [0.25, 0.3) is 11.8 Å². The SMILES string of the molecule is COc1cc(OC)cc(C(=O)N2CCN(c3ccc(NC(=O)COc4ccc(C5CCCCC5)cc4)cc3)CC2)c1. The van der Waals surface area contributed by atoms with Crippen molar-refractivity contribution in [2.45, 2.75) is 38.0 Å². The van der Waals surface area contributed by atoms with Gasteiger partial charge in [-0.15, -0.1) is 0 Å². The molecule has 0 unspecified atom stereocenters. The molecular formula is C33H39N3O5. The summed E-state index contributed by atoms with van der Waals surface area (Å²) >= 11 is 0. The molecule has 2 aliphatic rings. The van der Waals surface area contributed by atoms with Crippen molar-refractivity contribution >= 4 is 23.2 Å². The van der Waals surface area contributed by atoms with Crippen LogP contribution in [-0.4, -0.2) is 63.7 Å². The van der Waals surface area contributed by atoms with E-state index in [1.165, 1.54) is 37.7 Å². The fourth-order valence-electron chi connectivity index (χ4n) is 5.65. The van der Waals surface area contributed by atoms with Gasteiger partial charge >= 0.3 is 0 Å². The highest BCUT2D eigenvalue weighted by Gasteiger charge is 2.23. The molecule has 2 amide bonds. The monoisotopic (exact) mass is 557 g/mol. The summed E-state index contributed by atoms with van der Waals surface area (Å²) in [6, 6.07) is 21.2. The Morgan fingerprint density at radius 2 is 1.41 bits per heavy atom. The molecule has 1 aliphatic carbocycles. The minimum Gasteiger partial charge on any atom is -0.497 e. The van der Waals surface area contributed by atoms with Gasteiger partial charge in [-0.1, -0.05) is 31.4 Å². The summed E-state index contributed by atoms with van der Waals surface area (Å²) < 4.78 is 16.3. The van der Waals surface area contributed by atoms with E-state index in [2.05, 4.69) is 22.3 Å². The highest BCUT2D eigenvalue weighted by molar-refractivity contribution is 5.95. The van der Waals surface area contributed by atoms with Crippen LogP contribution in [0.25, 0.3) is 0 Å². The minimum absolute atomic E-state index is 0.0395. The summed E-state index contributed by atoms with van der Waals surface area (Å²) in [6.07, 6.45) is 6.48. The van der Waals surface area contributed by atoms with Crippen LogP contribution in [0.15, 0.2) is 66.7 Å². The molecule has 0 aromatic heterocycles. The second kappa shape index (κ2) is 13.4. The van der Waals surface area contributed by atoms with Gasteiger partial charge < -0.3 is 29.3 Å². The number of nitrogens with zero attached hydrogens (tertiary/aromatic N) is 2. The van der Waals surface area contributed by atoms with Crippen molar-refractivity contribution < 1.29 is 23.8 Å². The average Bonchev–Trinajstić information content (AvgIpc) is 3.04. The lowest BCUT2D eigenvalue weighted by Crippen LogP contribution is -2.48. The lowest BCUT2D eigenvalue weighted by molar-refractivity contribution is -0.118. The molecule has 0 bridgehead atoms. The fraction of sp³-hybridized carbons (Fsp3) is 0.394. The molecule has 1 N–H and O–H groups in total. The number of benzene rings is 3. The molecule has 5 rings (SSSR count). The second-order valence-electron chi connectivity index (χ2n) is 10.7. The number of ether oxygens (including phenoxy) is 3. The van der Waals surface area contributed by atoms with Crippen LogP contribution < -0.4 is 24.4 Å². The van der Waals surface area contributed by atoms with Crippen LogP contribution in [-0.2, 0) is 4.79 Å². The Morgan fingerprint density at radius 1 is 0.780 bits per heavy atom. The summed E-state index contributed by atoms with van der Waals surface area (Å²) in [6.45, 7) is 2.60. The number of hydrogen-bond acceptors (Lipinski definition) is 6. The molecule has 0 spiro atoms. The van der Waals surface area contributed by atoms with Crippen LogP contribution in [0.1, 0.15) is 53.9 Å². The molecule has 1 heterocycles. The van der Waals surface area contributed by atoms with Gasteiger partial charge in [0.2, 0.25) is 0 Å². The molecule has 1 saturated heterocycles. The zero-order chi connectivity index (χ0) is 28.6. The molecular weight excluding hydrogens is 518 g/mol. The van der Waals surface area contributed by atoms with Crippen LogP contribution in [0.5, 0.6) is 17.2 Å². The van der Waals surface area contributed by atoms with Crippen molar-refractivity contribution in [1.29, 1.82) is 0 Å². The molecule has 41 heavy (non-hydrogen) atoms. The van der Waals surface area contributed by atoms with Crippen molar-refractivity contribution in [3.8, 4) is 17.2 Å². The topological polar surface area (TPSA) is 80.3 Å². The molecule has 0 radical (unpaired) electrons. The third kappa shape index (κ3) is 7.31. The Hall–Kier alpha value is -4.20.